The first kappa shape index (κ1) is 19.2. The maximum Gasteiger partial charge on any atom is 0.419 e. The van der Waals surface area contributed by atoms with Crippen LogP contribution in [0.25, 0.3) is 22.6 Å². The van der Waals surface area contributed by atoms with Crippen LogP contribution in [0.5, 0.6) is 5.75 Å². The van der Waals surface area contributed by atoms with Gasteiger partial charge in [0.25, 0.3) is 0 Å². The molecule has 2 aromatic heterocycles. The minimum absolute atomic E-state index is 0.466. The maximum atomic E-state index is 12.7. The number of terminal acetylenes is 1. The van der Waals surface area contributed by atoms with Crippen LogP contribution in [0.2, 0.25) is 0 Å². The first-order valence-corrected chi connectivity index (χ1v) is 8.83. The second-order valence-corrected chi connectivity index (χ2v) is 7.26. The van der Waals surface area contributed by atoms with Gasteiger partial charge in [-0.2, -0.15) is 0 Å². The summed E-state index contributed by atoms with van der Waals surface area (Å²) in [6.07, 6.45) is 12.3. The van der Waals surface area contributed by atoms with Gasteiger partial charge in [0.2, 0.25) is 0 Å². The van der Waals surface area contributed by atoms with Crippen LogP contribution >= 0.6 is 0 Å². The molecule has 3 rings (SSSR count). The van der Waals surface area contributed by atoms with Gasteiger partial charge in [0.15, 0.2) is 0 Å². The van der Waals surface area contributed by atoms with Gasteiger partial charge in [-0.15, -0.1) is 6.42 Å². The molecule has 0 unspecified atom stereocenters. The second-order valence-electron chi connectivity index (χ2n) is 7.26. The van der Waals surface area contributed by atoms with Crippen LogP contribution in [0.1, 0.15) is 31.9 Å². The number of methoxy groups -OCH3 is 1. The van der Waals surface area contributed by atoms with E-state index < -0.39 is 11.7 Å². The highest BCUT2D eigenvalue weighted by Crippen LogP contribution is 2.32. The molecule has 142 valence electrons. The molecule has 0 saturated heterocycles. The van der Waals surface area contributed by atoms with Crippen molar-refractivity contribution in [2.45, 2.75) is 26.4 Å². The fraction of sp³-hybridized carbons (Fsp3) is 0.217. The first-order valence-electron chi connectivity index (χ1n) is 8.83. The molecular formula is C23H22N2O3. The number of fused-ring (bicyclic) bond motifs is 1. The first-order chi connectivity index (χ1) is 13.3. The standard InChI is InChI=1S/C23H22N2O3/c1-6-17(12-16-8-7-11-24-14-16)20-15-25(22(26)28-23(2,3)4)21-10-9-18(27-5)13-19(20)21/h1,7-15H,2-5H3. The molecule has 0 N–H and O–H groups in total. The molecule has 0 aliphatic rings. The van der Waals surface area contributed by atoms with Crippen molar-refractivity contribution in [2.24, 2.45) is 0 Å². The molecule has 5 heteroatoms. The van der Waals surface area contributed by atoms with E-state index in [1.807, 2.05) is 51.1 Å². The molecule has 0 saturated carbocycles. The van der Waals surface area contributed by atoms with Gasteiger partial charge in [0.05, 0.1) is 12.6 Å². The summed E-state index contributed by atoms with van der Waals surface area (Å²) in [6, 6.07) is 9.23. The SMILES string of the molecule is C#CC(=Cc1cccnc1)c1cn(C(=O)OC(C)(C)C)c2ccc(OC)cc12. The molecule has 0 aliphatic carbocycles. The number of benzene rings is 1. The number of nitrogens with zero attached hydrogens (tertiary/aromatic N) is 2. The summed E-state index contributed by atoms with van der Waals surface area (Å²) in [5, 5.41) is 0.804. The number of aromatic nitrogens is 2. The summed E-state index contributed by atoms with van der Waals surface area (Å²) in [7, 11) is 1.60. The Balaban J connectivity index is 2.20. The third kappa shape index (κ3) is 4.07. The van der Waals surface area contributed by atoms with Crippen molar-refractivity contribution in [1.82, 2.24) is 9.55 Å². The molecule has 5 nitrogen and oxygen atoms in total. The molecule has 1 aromatic carbocycles. The predicted octanol–water partition coefficient (Wildman–Crippen LogP) is 5.00. The smallest absolute Gasteiger partial charge is 0.419 e. The topological polar surface area (TPSA) is 53.4 Å². The Kier molecular flexibility index (Phi) is 5.23. The number of hydrogen-bond donors (Lipinski definition) is 0. The Bertz CT molecular complexity index is 1080. The van der Waals surface area contributed by atoms with Crippen LogP contribution in [0.15, 0.2) is 48.9 Å². The van der Waals surface area contributed by atoms with Gasteiger partial charge in [-0.05, 0) is 56.7 Å². The lowest BCUT2D eigenvalue weighted by molar-refractivity contribution is 0.0544. The minimum Gasteiger partial charge on any atom is -0.497 e. The Morgan fingerprint density at radius 3 is 2.68 bits per heavy atom. The van der Waals surface area contributed by atoms with Crippen molar-refractivity contribution in [2.75, 3.05) is 7.11 Å². The van der Waals surface area contributed by atoms with E-state index in [0.29, 0.717) is 16.8 Å². The summed E-state index contributed by atoms with van der Waals surface area (Å²) in [5.41, 5.74) is 2.33. The number of pyridine rings is 1. The second kappa shape index (κ2) is 7.61. The highest BCUT2D eigenvalue weighted by atomic mass is 16.6. The van der Waals surface area contributed by atoms with E-state index in [9.17, 15) is 4.79 Å². The molecule has 0 spiro atoms. The van der Waals surface area contributed by atoms with Gasteiger partial charge in [-0.3, -0.25) is 9.55 Å². The highest BCUT2D eigenvalue weighted by Gasteiger charge is 2.22. The van der Waals surface area contributed by atoms with Gasteiger partial charge in [0.1, 0.15) is 11.4 Å². The van der Waals surface area contributed by atoms with Crippen molar-refractivity contribution in [3.05, 3.63) is 60.0 Å². The van der Waals surface area contributed by atoms with Crippen LogP contribution in [-0.2, 0) is 4.74 Å². The normalized spacial score (nSPS) is 11.9. The van der Waals surface area contributed by atoms with E-state index in [4.69, 9.17) is 15.9 Å². The largest absolute Gasteiger partial charge is 0.497 e. The molecule has 2 heterocycles. The molecule has 0 fully saturated rings. The molecule has 28 heavy (non-hydrogen) atoms. The molecule has 0 bridgehead atoms. The Labute approximate surface area is 164 Å². The van der Waals surface area contributed by atoms with E-state index in [1.54, 1.807) is 31.8 Å². The number of rotatable bonds is 3. The van der Waals surface area contributed by atoms with Gasteiger partial charge < -0.3 is 9.47 Å². The van der Waals surface area contributed by atoms with E-state index in [1.165, 1.54) is 4.57 Å². The Morgan fingerprint density at radius 1 is 1.29 bits per heavy atom. The van der Waals surface area contributed by atoms with Gasteiger partial charge in [0, 0.05) is 35.1 Å². The summed E-state index contributed by atoms with van der Waals surface area (Å²) >= 11 is 0. The summed E-state index contributed by atoms with van der Waals surface area (Å²) in [5.74, 6) is 3.40. The summed E-state index contributed by atoms with van der Waals surface area (Å²) in [6.45, 7) is 5.49. The molecule has 0 aliphatic heterocycles. The van der Waals surface area contributed by atoms with Crippen molar-refractivity contribution < 1.29 is 14.3 Å². The quantitative estimate of drug-likeness (QED) is 0.605. The Morgan fingerprint density at radius 2 is 2.07 bits per heavy atom. The van der Waals surface area contributed by atoms with E-state index in [-0.39, 0.29) is 0 Å². The zero-order valence-electron chi connectivity index (χ0n) is 16.4. The summed E-state index contributed by atoms with van der Waals surface area (Å²) in [4.78, 5) is 16.9. The fourth-order valence-electron chi connectivity index (χ4n) is 2.84. The lowest BCUT2D eigenvalue weighted by atomic mass is 10.0. The predicted molar refractivity (Wildman–Crippen MR) is 111 cm³/mol. The van der Waals surface area contributed by atoms with E-state index in [2.05, 4.69) is 10.9 Å². The molecule has 0 atom stereocenters. The fourth-order valence-corrected chi connectivity index (χ4v) is 2.84. The van der Waals surface area contributed by atoms with Crippen LogP contribution in [0.3, 0.4) is 0 Å². The summed E-state index contributed by atoms with van der Waals surface area (Å²) < 4.78 is 12.4. The number of hydrogen-bond acceptors (Lipinski definition) is 4. The molecule has 0 radical (unpaired) electrons. The molecule has 0 amide bonds. The number of carbonyl (C=O) groups is 1. The highest BCUT2D eigenvalue weighted by molar-refractivity contribution is 6.04. The lowest BCUT2D eigenvalue weighted by Gasteiger charge is -2.19. The third-order valence-corrected chi connectivity index (χ3v) is 4.04. The minimum atomic E-state index is -0.610. The average molecular weight is 374 g/mol. The van der Waals surface area contributed by atoms with Crippen LogP contribution in [0.4, 0.5) is 4.79 Å². The van der Waals surface area contributed by atoms with Crippen LogP contribution in [0, 0.1) is 12.3 Å². The van der Waals surface area contributed by atoms with Gasteiger partial charge in [-0.25, -0.2) is 4.79 Å². The van der Waals surface area contributed by atoms with Gasteiger partial charge in [-0.1, -0.05) is 12.0 Å². The van der Waals surface area contributed by atoms with Crippen molar-refractivity contribution >= 4 is 28.6 Å². The number of ether oxygens (including phenoxy) is 2. The zero-order valence-corrected chi connectivity index (χ0v) is 16.4. The van der Waals surface area contributed by atoms with Crippen LogP contribution in [-0.4, -0.2) is 28.4 Å². The third-order valence-electron chi connectivity index (χ3n) is 4.04. The number of allylic oxidation sites excluding steroid dienone is 1. The van der Waals surface area contributed by atoms with Crippen molar-refractivity contribution in [3.63, 3.8) is 0 Å². The Hall–Kier alpha value is -3.52. The zero-order chi connectivity index (χ0) is 20.3. The van der Waals surface area contributed by atoms with Crippen molar-refractivity contribution in [1.29, 1.82) is 0 Å². The lowest BCUT2D eigenvalue weighted by Crippen LogP contribution is -2.26. The monoisotopic (exact) mass is 374 g/mol. The van der Waals surface area contributed by atoms with Crippen LogP contribution < -0.4 is 4.74 Å². The van der Waals surface area contributed by atoms with Crippen molar-refractivity contribution in [3.8, 4) is 18.1 Å². The van der Waals surface area contributed by atoms with E-state index in [0.717, 1.165) is 16.5 Å². The van der Waals surface area contributed by atoms with Gasteiger partial charge >= 0.3 is 6.09 Å². The molecule has 3 aromatic rings. The number of carbonyl (C=O) groups excluding carboxylic acids is 1. The maximum absolute atomic E-state index is 12.7. The van der Waals surface area contributed by atoms with E-state index >= 15 is 0 Å². The average Bonchev–Trinajstić information content (AvgIpc) is 3.04. The molecular weight excluding hydrogens is 352 g/mol.